The SMILES string of the molecule is CC(C)(C#Cc1cccc(F)c1)OC(=O)CCOc1ccc([S+](c2ccccc2)c2ccccc2)cc1. The van der Waals surface area contributed by atoms with Crippen molar-refractivity contribution in [3.63, 3.8) is 0 Å². The van der Waals surface area contributed by atoms with Crippen LogP contribution in [0.15, 0.2) is 124 Å². The summed E-state index contributed by atoms with van der Waals surface area (Å²) >= 11 is 0. The van der Waals surface area contributed by atoms with Gasteiger partial charge in [-0.15, -0.1) is 0 Å². The molecule has 0 radical (unpaired) electrons. The Morgan fingerprint density at radius 3 is 2.00 bits per heavy atom. The molecule has 0 atom stereocenters. The normalized spacial score (nSPS) is 10.9. The molecule has 37 heavy (non-hydrogen) atoms. The van der Waals surface area contributed by atoms with E-state index in [4.69, 9.17) is 9.47 Å². The lowest BCUT2D eigenvalue weighted by atomic mass is 10.1. The Labute approximate surface area is 220 Å². The van der Waals surface area contributed by atoms with Crippen LogP contribution >= 0.6 is 0 Å². The Kier molecular flexibility index (Phi) is 8.66. The summed E-state index contributed by atoms with van der Waals surface area (Å²) in [5.74, 6) is 5.65. The van der Waals surface area contributed by atoms with Crippen LogP contribution in [0, 0.1) is 17.7 Å². The van der Waals surface area contributed by atoms with Gasteiger partial charge in [-0.2, -0.15) is 0 Å². The molecule has 5 heteroatoms. The molecular weight excluding hydrogens is 483 g/mol. The van der Waals surface area contributed by atoms with E-state index in [9.17, 15) is 9.18 Å². The molecule has 3 nitrogen and oxygen atoms in total. The number of carbonyl (C=O) groups excluding carboxylic acids is 1. The summed E-state index contributed by atoms with van der Waals surface area (Å²) < 4.78 is 24.6. The Morgan fingerprint density at radius 1 is 0.811 bits per heavy atom. The summed E-state index contributed by atoms with van der Waals surface area (Å²) in [5.41, 5.74) is -0.478. The highest BCUT2D eigenvalue weighted by Crippen LogP contribution is 2.31. The van der Waals surface area contributed by atoms with E-state index < -0.39 is 11.6 Å². The van der Waals surface area contributed by atoms with Crippen molar-refractivity contribution in [2.24, 2.45) is 0 Å². The van der Waals surface area contributed by atoms with Gasteiger partial charge < -0.3 is 9.47 Å². The molecule has 0 aliphatic carbocycles. The van der Waals surface area contributed by atoms with Crippen LogP contribution in [0.3, 0.4) is 0 Å². The molecule has 0 aliphatic rings. The molecule has 4 aromatic rings. The summed E-state index contributed by atoms with van der Waals surface area (Å²) in [6, 6.07) is 34.9. The number of hydrogen-bond donors (Lipinski definition) is 0. The third kappa shape index (κ3) is 7.73. The zero-order valence-electron chi connectivity index (χ0n) is 20.8. The molecule has 0 amide bonds. The lowest BCUT2D eigenvalue weighted by Gasteiger charge is -2.18. The van der Waals surface area contributed by atoms with E-state index in [1.54, 1.807) is 26.0 Å². The quantitative estimate of drug-likeness (QED) is 0.144. The van der Waals surface area contributed by atoms with Gasteiger partial charge in [-0.3, -0.25) is 4.79 Å². The topological polar surface area (TPSA) is 35.5 Å². The van der Waals surface area contributed by atoms with E-state index >= 15 is 0 Å². The number of halogens is 1. The van der Waals surface area contributed by atoms with Gasteiger partial charge in [-0.25, -0.2) is 4.39 Å². The van der Waals surface area contributed by atoms with E-state index in [-0.39, 0.29) is 29.7 Å². The molecule has 0 saturated heterocycles. The van der Waals surface area contributed by atoms with E-state index in [0.717, 1.165) is 0 Å². The van der Waals surface area contributed by atoms with Gasteiger partial charge in [0.05, 0.1) is 23.9 Å². The van der Waals surface area contributed by atoms with Crippen molar-refractivity contribution in [2.75, 3.05) is 6.61 Å². The van der Waals surface area contributed by atoms with Crippen LogP contribution < -0.4 is 4.74 Å². The average molecular weight is 512 g/mol. The Bertz CT molecular complexity index is 1330. The summed E-state index contributed by atoms with van der Waals surface area (Å²) in [7, 11) is -0.228. The van der Waals surface area contributed by atoms with E-state index in [1.165, 1.54) is 26.8 Å². The predicted octanol–water partition coefficient (Wildman–Crippen LogP) is 7.06. The maximum atomic E-state index is 13.3. The van der Waals surface area contributed by atoms with Gasteiger partial charge in [0.1, 0.15) is 11.6 Å². The first-order valence-corrected chi connectivity index (χ1v) is 13.2. The van der Waals surface area contributed by atoms with Crippen LogP contribution in [0.1, 0.15) is 25.8 Å². The van der Waals surface area contributed by atoms with Gasteiger partial charge in [-0.1, -0.05) is 54.3 Å². The van der Waals surface area contributed by atoms with Gasteiger partial charge in [0.25, 0.3) is 0 Å². The fourth-order valence-electron chi connectivity index (χ4n) is 3.60. The number of benzene rings is 4. The molecule has 4 aromatic carbocycles. The molecule has 186 valence electrons. The smallest absolute Gasteiger partial charge is 0.310 e. The zero-order chi connectivity index (χ0) is 26.1. The molecular formula is C32H28FO3S+. The van der Waals surface area contributed by atoms with Crippen LogP contribution in [0.2, 0.25) is 0 Å². The van der Waals surface area contributed by atoms with Gasteiger partial charge >= 0.3 is 5.97 Å². The minimum absolute atomic E-state index is 0.0885. The van der Waals surface area contributed by atoms with Gasteiger partial charge in [0.2, 0.25) is 0 Å². The van der Waals surface area contributed by atoms with Gasteiger partial charge in [-0.05, 0) is 80.6 Å². The molecule has 0 heterocycles. The molecule has 0 saturated carbocycles. The van der Waals surface area contributed by atoms with Crippen molar-refractivity contribution < 1.29 is 18.7 Å². The zero-order valence-corrected chi connectivity index (χ0v) is 21.6. The minimum atomic E-state index is -1.00. The van der Waals surface area contributed by atoms with Gasteiger partial charge in [0, 0.05) is 5.56 Å². The molecule has 0 bridgehead atoms. The first kappa shape index (κ1) is 26.1. The highest BCUT2D eigenvalue weighted by atomic mass is 32.2. The van der Waals surface area contributed by atoms with Crippen molar-refractivity contribution in [1.82, 2.24) is 0 Å². The fraction of sp³-hybridized carbons (Fsp3) is 0.156. The van der Waals surface area contributed by atoms with Crippen LogP contribution in [-0.2, 0) is 20.4 Å². The summed E-state index contributed by atoms with van der Waals surface area (Å²) in [4.78, 5) is 16.0. The Hall–Kier alpha value is -4.01. The second-order valence-electron chi connectivity index (χ2n) is 8.75. The van der Waals surface area contributed by atoms with E-state index in [1.807, 2.05) is 24.3 Å². The van der Waals surface area contributed by atoms with Gasteiger partial charge in [0.15, 0.2) is 20.3 Å². The summed E-state index contributed by atoms with van der Waals surface area (Å²) in [6.45, 7) is 3.59. The first-order chi connectivity index (χ1) is 17.9. The minimum Gasteiger partial charge on any atom is -0.493 e. The fourth-order valence-corrected chi connectivity index (χ4v) is 5.68. The average Bonchev–Trinajstić information content (AvgIpc) is 2.90. The second-order valence-corrected chi connectivity index (χ2v) is 10.8. The number of hydrogen-bond acceptors (Lipinski definition) is 3. The number of ether oxygens (including phenoxy) is 2. The van der Waals surface area contributed by atoms with Crippen molar-refractivity contribution in [2.45, 2.75) is 40.6 Å². The molecule has 0 aromatic heterocycles. The Balaban J connectivity index is 1.34. The van der Waals surface area contributed by atoms with Crippen molar-refractivity contribution in [3.05, 3.63) is 121 Å². The van der Waals surface area contributed by atoms with Crippen molar-refractivity contribution >= 4 is 16.9 Å². The van der Waals surface area contributed by atoms with Crippen molar-refractivity contribution in [1.29, 1.82) is 0 Å². The summed E-state index contributed by atoms with van der Waals surface area (Å²) in [5, 5.41) is 0. The van der Waals surface area contributed by atoms with Crippen LogP contribution in [0.5, 0.6) is 5.75 Å². The highest BCUT2D eigenvalue weighted by Gasteiger charge is 2.28. The molecule has 0 N–H and O–H groups in total. The highest BCUT2D eigenvalue weighted by molar-refractivity contribution is 7.97. The number of rotatable bonds is 8. The summed E-state index contributed by atoms with van der Waals surface area (Å²) in [6.07, 6.45) is 0.0885. The molecule has 0 fully saturated rings. The van der Waals surface area contributed by atoms with Crippen LogP contribution in [0.25, 0.3) is 0 Å². The first-order valence-electron chi connectivity index (χ1n) is 12.0. The third-order valence-electron chi connectivity index (χ3n) is 5.29. The van der Waals surface area contributed by atoms with Crippen LogP contribution in [-0.4, -0.2) is 18.2 Å². The maximum Gasteiger partial charge on any atom is 0.310 e. The molecule has 4 rings (SSSR count). The van der Waals surface area contributed by atoms with E-state index in [2.05, 4.69) is 72.5 Å². The molecule has 0 aliphatic heterocycles. The largest absolute Gasteiger partial charge is 0.493 e. The number of esters is 1. The molecule has 0 spiro atoms. The predicted molar refractivity (Wildman–Crippen MR) is 145 cm³/mol. The standard InChI is InChI=1S/C32H28FO3S/c1-32(2,22-20-25-10-9-11-26(33)24-25)36-31(34)21-23-35-27-16-18-30(19-17-27)37(28-12-5-3-6-13-28)29-14-7-4-8-15-29/h3-19,24H,21,23H2,1-2H3/q+1. The number of carbonyl (C=O) groups is 1. The lowest BCUT2D eigenvalue weighted by Crippen LogP contribution is -2.27. The molecule has 0 unspecified atom stereocenters. The van der Waals surface area contributed by atoms with E-state index in [0.29, 0.717) is 11.3 Å². The van der Waals surface area contributed by atoms with Crippen molar-refractivity contribution in [3.8, 4) is 17.6 Å². The lowest BCUT2D eigenvalue weighted by molar-refractivity contribution is -0.152. The second kappa shape index (κ2) is 12.3. The third-order valence-corrected chi connectivity index (χ3v) is 7.52. The monoisotopic (exact) mass is 511 g/mol. The maximum absolute atomic E-state index is 13.3. The Morgan fingerprint density at radius 2 is 1.41 bits per heavy atom. The van der Waals surface area contributed by atoms with Crippen LogP contribution in [0.4, 0.5) is 4.39 Å².